The van der Waals surface area contributed by atoms with Crippen LogP contribution < -0.4 is 30.1 Å². The van der Waals surface area contributed by atoms with E-state index in [1.807, 2.05) is 0 Å². The number of hydrogen-bond donors (Lipinski definition) is 0. The molecule has 4 aromatic carbocycles. The van der Waals surface area contributed by atoms with Gasteiger partial charge in [-0.3, -0.25) is 0 Å². The third-order valence-corrected chi connectivity index (χ3v) is 8.72. The summed E-state index contributed by atoms with van der Waals surface area (Å²) in [6.07, 6.45) is 2.73. The zero-order valence-corrected chi connectivity index (χ0v) is 24.1. The minimum Gasteiger partial charge on any atom is -1.00 e. The average Bonchev–Trinajstić information content (AvgIpc) is 3.31. The van der Waals surface area contributed by atoms with Gasteiger partial charge in [-0.2, -0.15) is 18.2 Å². The van der Waals surface area contributed by atoms with Gasteiger partial charge in [-0.1, -0.05) is 60.2 Å². The Morgan fingerprint density at radius 2 is 1.41 bits per heavy atom. The van der Waals surface area contributed by atoms with E-state index in [1.54, 1.807) is 5.30 Å². The number of fused-ring (bicyclic) bond motifs is 2. The molecule has 4 heteroatoms. The average molecular weight is 521 g/mol. The fourth-order valence-corrected chi connectivity index (χ4v) is 7.00. The molecule has 0 radical (unpaired) electrons. The standard InChI is InChI=1S/C17H24P.C11H11.2ClH.Ti/c1-13(2)11-18(12-14(3)4)17-9-15-7-5-6-8-16(15)10-17;1-8-6-7-9(2)11-5-3-4-10(8)11;;;/h5-10,13-14H,11-12H2,1-4H3;3-7H,1-2H3;2*1H;/q2*-1;;;+4/p-2. The van der Waals surface area contributed by atoms with Gasteiger partial charge in [0, 0.05) is 0 Å². The Balaban J connectivity index is 0.000000598. The SMILES string of the molecule is CC(C)CP(CC(C)C)c1cc2ccccc2[cH-]1.Cc1ccc(C)c2[cH-]ccc12.[Cl-].[Cl-].[Ti+4]. The van der Waals surface area contributed by atoms with E-state index in [-0.39, 0.29) is 54.5 Å². The van der Waals surface area contributed by atoms with Crippen LogP contribution in [-0.2, 0) is 21.7 Å². The molecule has 0 saturated carbocycles. The molecule has 0 fully saturated rings. The summed E-state index contributed by atoms with van der Waals surface area (Å²) < 4.78 is 0. The molecule has 0 aromatic heterocycles. The maximum atomic E-state index is 2.42. The van der Waals surface area contributed by atoms with E-state index in [1.165, 1.54) is 45.0 Å². The quantitative estimate of drug-likeness (QED) is 0.215. The summed E-state index contributed by atoms with van der Waals surface area (Å²) in [6, 6.07) is 24.4. The van der Waals surface area contributed by atoms with E-state index in [9.17, 15) is 0 Å². The van der Waals surface area contributed by atoms with Gasteiger partial charge in [0.25, 0.3) is 0 Å². The molecule has 0 aliphatic carbocycles. The van der Waals surface area contributed by atoms with Crippen molar-refractivity contribution >= 4 is 34.8 Å². The van der Waals surface area contributed by atoms with Crippen molar-refractivity contribution in [2.24, 2.45) is 11.8 Å². The van der Waals surface area contributed by atoms with Crippen LogP contribution in [0.5, 0.6) is 0 Å². The molecule has 4 aromatic rings. The molecule has 32 heavy (non-hydrogen) atoms. The summed E-state index contributed by atoms with van der Waals surface area (Å²) in [5, 5.41) is 7.21. The maximum absolute atomic E-state index is 2.42. The normalized spacial score (nSPS) is 10.5. The second-order valence-corrected chi connectivity index (χ2v) is 11.4. The largest absolute Gasteiger partial charge is 4.00 e. The van der Waals surface area contributed by atoms with E-state index in [4.69, 9.17) is 0 Å². The van der Waals surface area contributed by atoms with Gasteiger partial charge in [0.15, 0.2) is 0 Å². The predicted molar refractivity (Wildman–Crippen MR) is 135 cm³/mol. The van der Waals surface area contributed by atoms with Crippen LogP contribution in [0.25, 0.3) is 21.5 Å². The first-order valence-corrected chi connectivity index (χ1v) is 12.6. The Morgan fingerprint density at radius 1 is 0.812 bits per heavy atom. The Kier molecular flexibility index (Phi) is 14.3. The molecule has 0 aliphatic heterocycles. The van der Waals surface area contributed by atoms with Gasteiger partial charge >= 0.3 is 21.7 Å². The predicted octanol–water partition coefficient (Wildman–Crippen LogP) is 2.16. The van der Waals surface area contributed by atoms with Crippen molar-refractivity contribution in [3.63, 3.8) is 0 Å². The van der Waals surface area contributed by atoms with Crippen molar-refractivity contribution in [2.45, 2.75) is 41.5 Å². The fourth-order valence-electron chi connectivity index (χ4n) is 4.02. The molecule has 0 aliphatic rings. The van der Waals surface area contributed by atoms with E-state index < -0.39 is 0 Å². The molecule has 0 spiro atoms. The van der Waals surface area contributed by atoms with Crippen molar-refractivity contribution in [3.05, 3.63) is 77.9 Å². The van der Waals surface area contributed by atoms with Crippen molar-refractivity contribution in [2.75, 3.05) is 12.3 Å². The minimum absolute atomic E-state index is 0. The fraction of sp³-hybridized carbons (Fsp3) is 0.357. The Bertz CT molecular complexity index is 983. The molecule has 170 valence electrons. The first kappa shape index (κ1) is 31.4. The van der Waals surface area contributed by atoms with Gasteiger partial charge in [0.1, 0.15) is 0 Å². The van der Waals surface area contributed by atoms with Crippen molar-refractivity contribution in [1.82, 2.24) is 0 Å². The van der Waals surface area contributed by atoms with E-state index in [0.29, 0.717) is 0 Å². The van der Waals surface area contributed by atoms with Crippen molar-refractivity contribution < 1.29 is 46.5 Å². The van der Waals surface area contributed by atoms with Gasteiger partial charge in [-0.05, 0) is 31.1 Å². The smallest absolute Gasteiger partial charge is 1.00 e. The van der Waals surface area contributed by atoms with Crippen LogP contribution in [0.4, 0.5) is 0 Å². The molecule has 0 saturated heterocycles. The van der Waals surface area contributed by atoms with Gasteiger partial charge < -0.3 is 24.8 Å². The number of halogens is 2. The van der Waals surface area contributed by atoms with E-state index >= 15 is 0 Å². The van der Waals surface area contributed by atoms with Crippen LogP contribution in [0, 0.1) is 25.7 Å². The van der Waals surface area contributed by atoms with Gasteiger partial charge in [0.05, 0.1) is 0 Å². The van der Waals surface area contributed by atoms with Gasteiger partial charge in [0.2, 0.25) is 0 Å². The summed E-state index contributed by atoms with van der Waals surface area (Å²) in [6.45, 7) is 13.7. The van der Waals surface area contributed by atoms with Crippen LogP contribution in [0.1, 0.15) is 38.8 Å². The Hall–Kier alpha value is -0.616. The first-order chi connectivity index (χ1) is 13.8. The molecule has 0 nitrogen and oxygen atoms in total. The zero-order valence-electron chi connectivity index (χ0n) is 20.1. The molecule has 0 heterocycles. The molecular weight excluding hydrogens is 486 g/mol. The molecule has 0 amide bonds. The number of hydrogen-bond acceptors (Lipinski definition) is 0. The Labute approximate surface area is 223 Å². The third-order valence-electron chi connectivity index (χ3n) is 5.39. The van der Waals surface area contributed by atoms with Crippen LogP contribution >= 0.6 is 7.92 Å². The molecule has 0 N–H and O–H groups in total. The summed E-state index contributed by atoms with van der Waals surface area (Å²) >= 11 is 0. The summed E-state index contributed by atoms with van der Waals surface area (Å²) in [5.41, 5.74) is 2.74. The molecule has 0 unspecified atom stereocenters. The summed E-state index contributed by atoms with van der Waals surface area (Å²) in [4.78, 5) is 0. The first-order valence-electron chi connectivity index (χ1n) is 10.9. The third kappa shape index (κ3) is 8.31. The number of aryl methyl sites for hydroxylation is 2. The number of rotatable bonds is 5. The van der Waals surface area contributed by atoms with E-state index in [0.717, 1.165) is 11.8 Å². The molecule has 0 atom stereocenters. The second-order valence-electron chi connectivity index (χ2n) is 9.09. The van der Waals surface area contributed by atoms with Crippen LogP contribution in [0.3, 0.4) is 0 Å². The minimum atomic E-state index is 0. The molecular formula is C28H35Cl2PTi. The molecule has 0 bridgehead atoms. The van der Waals surface area contributed by atoms with E-state index in [2.05, 4.69) is 108 Å². The monoisotopic (exact) mass is 520 g/mol. The maximum Gasteiger partial charge on any atom is 4.00 e. The van der Waals surface area contributed by atoms with Crippen LogP contribution in [-0.4, -0.2) is 12.3 Å². The van der Waals surface area contributed by atoms with Gasteiger partial charge in [-0.15, -0.1) is 68.8 Å². The second kappa shape index (κ2) is 14.6. The van der Waals surface area contributed by atoms with Crippen LogP contribution in [0.2, 0.25) is 0 Å². The van der Waals surface area contributed by atoms with Gasteiger partial charge in [-0.25, -0.2) is 0 Å². The summed E-state index contributed by atoms with van der Waals surface area (Å²) in [7, 11) is 0.0185. The number of benzene rings is 2. The topological polar surface area (TPSA) is 0 Å². The summed E-state index contributed by atoms with van der Waals surface area (Å²) in [5.74, 6) is 1.60. The molecule has 4 rings (SSSR count). The Morgan fingerprint density at radius 3 is 1.97 bits per heavy atom. The van der Waals surface area contributed by atoms with Crippen LogP contribution in [0.15, 0.2) is 66.7 Å². The zero-order chi connectivity index (χ0) is 21.0. The van der Waals surface area contributed by atoms with Crippen molar-refractivity contribution in [1.29, 1.82) is 0 Å². The van der Waals surface area contributed by atoms with Crippen molar-refractivity contribution in [3.8, 4) is 0 Å².